The summed E-state index contributed by atoms with van der Waals surface area (Å²) in [5, 5.41) is 57.2. The van der Waals surface area contributed by atoms with Crippen LogP contribution in [0.2, 0.25) is 0 Å². The second kappa shape index (κ2) is 7.97. The lowest BCUT2D eigenvalue weighted by atomic mass is 10.0. The third kappa shape index (κ3) is 5.12. The quantitative estimate of drug-likeness (QED) is 0.158. The van der Waals surface area contributed by atoms with Crippen molar-refractivity contribution < 1.29 is 30.6 Å². The van der Waals surface area contributed by atoms with Gasteiger partial charge in [-0.05, 0) is 20.0 Å². The molecule has 18 heavy (non-hydrogen) atoms. The Balaban J connectivity index is 3.99. The van der Waals surface area contributed by atoms with Gasteiger partial charge in [-0.1, -0.05) is 0 Å². The van der Waals surface area contributed by atoms with Crippen molar-refractivity contribution in [2.45, 2.75) is 17.9 Å². The lowest BCUT2D eigenvalue weighted by Gasteiger charge is -2.32. The molecule has 0 spiro atoms. The Hall–Kier alpha value is -0.320. The van der Waals surface area contributed by atoms with Crippen LogP contribution in [0.25, 0.3) is 0 Å². The van der Waals surface area contributed by atoms with E-state index in [1.807, 2.05) is 0 Å². The van der Waals surface area contributed by atoms with Gasteiger partial charge >= 0.3 is 0 Å². The van der Waals surface area contributed by atoms with Crippen LogP contribution >= 0.6 is 0 Å². The van der Waals surface area contributed by atoms with Gasteiger partial charge in [0.25, 0.3) is 0 Å². The van der Waals surface area contributed by atoms with Crippen LogP contribution in [0.4, 0.5) is 0 Å². The van der Waals surface area contributed by atoms with Gasteiger partial charge in [0.2, 0.25) is 5.91 Å². The van der Waals surface area contributed by atoms with Crippen LogP contribution in [0.5, 0.6) is 0 Å². The maximum absolute atomic E-state index is 9.28. The minimum absolute atomic E-state index is 0.277. The minimum Gasteiger partial charge on any atom is -0.394 e. The SMILES string of the molecule is CN(CCCNC(CO)(CO)CO)C(O)(O)CO. The molecule has 8 heteroatoms. The molecule has 0 unspecified atom stereocenters. The molecule has 0 aromatic heterocycles. The van der Waals surface area contributed by atoms with Crippen molar-refractivity contribution >= 4 is 0 Å². The summed E-state index contributed by atoms with van der Waals surface area (Å²) in [7, 11) is 1.44. The van der Waals surface area contributed by atoms with Gasteiger partial charge in [-0.25, -0.2) is 0 Å². The molecule has 7 N–H and O–H groups in total. The van der Waals surface area contributed by atoms with Gasteiger partial charge in [0.15, 0.2) is 0 Å². The highest BCUT2D eigenvalue weighted by atomic mass is 16.5. The molecule has 0 rings (SSSR count). The van der Waals surface area contributed by atoms with Crippen molar-refractivity contribution in [2.24, 2.45) is 0 Å². The molecule has 0 radical (unpaired) electrons. The molecule has 0 saturated carbocycles. The summed E-state index contributed by atoms with van der Waals surface area (Å²) in [6.45, 7) is -1.39. The van der Waals surface area contributed by atoms with Gasteiger partial charge in [0.1, 0.15) is 6.61 Å². The first kappa shape index (κ1) is 17.7. The van der Waals surface area contributed by atoms with E-state index in [0.29, 0.717) is 13.0 Å². The molecule has 0 saturated heterocycles. The van der Waals surface area contributed by atoms with E-state index in [4.69, 9.17) is 20.4 Å². The third-order valence-corrected chi connectivity index (χ3v) is 2.90. The van der Waals surface area contributed by atoms with E-state index >= 15 is 0 Å². The summed E-state index contributed by atoms with van der Waals surface area (Å²) >= 11 is 0. The molecule has 0 amide bonds. The zero-order valence-electron chi connectivity index (χ0n) is 10.6. The highest BCUT2D eigenvalue weighted by Gasteiger charge is 2.29. The summed E-state index contributed by atoms with van der Waals surface area (Å²) in [4.78, 5) is 1.16. The van der Waals surface area contributed by atoms with Crippen LogP contribution in [-0.2, 0) is 0 Å². The van der Waals surface area contributed by atoms with E-state index in [0.717, 1.165) is 4.90 Å². The van der Waals surface area contributed by atoms with E-state index < -0.39 is 37.9 Å². The molecule has 0 aromatic carbocycles. The Labute approximate surface area is 106 Å². The molecule has 0 bridgehead atoms. The summed E-state index contributed by atoms with van der Waals surface area (Å²) in [5.41, 5.74) is -1.13. The summed E-state index contributed by atoms with van der Waals surface area (Å²) in [6, 6.07) is 0. The Bertz CT molecular complexity index is 214. The molecule has 0 aliphatic heterocycles. The highest BCUT2D eigenvalue weighted by molar-refractivity contribution is 4.86. The van der Waals surface area contributed by atoms with Crippen molar-refractivity contribution in [2.75, 3.05) is 46.6 Å². The summed E-state index contributed by atoms with van der Waals surface area (Å²) in [6.07, 6.45) is 0.473. The maximum Gasteiger partial charge on any atom is 0.249 e. The van der Waals surface area contributed by atoms with E-state index in [1.54, 1.807) is 0 Å². The number of nitrogens with zero attached hydrogens (tertiary/aromatic N) is 1. The topological polar surface area (TPSA) is 137 Å². The van der Waals surface area contributed by atoms with Crippen LogP contribution in [0.15, 0.2) is 0 Å². The zero-order chi connectivity index (χ0) is 14.2. The molecule has 0 aliphatic rings. The van der Waals surface area contributed by atoms with Crippen LogP contribution in [0.1, 0.15) is 6.42 Å². The van der Waals surface area contributed by atoms with Crippen LogP contribution in [0.3, 0.4) is 0 Å². The largest absolute Gasteiger partial charge is 0.394 e. The fraction of sp³-hybridized carbons (Fsp3) is 1.00. The molecule has 110 valence electrons. The van der Waals surface area contributed by atoms with Crippen LogP contribution in [-0.4, -0.2) is 93.6 Å². The fourth-order valence-corrected chi connectivity index (χ4v) is 1.29. The van der Waals surface area contributed by atoms with E-state index in [1.165, 1.54) is 7.05 Å². The van der Waals surface area contributed by atoms with Crippen molar-refractivity contribution in [1.82, 2.24) is 10.2 Å². The molecule has 0 atom stereocenters. The molecular weight excluding hydrogens is 244 g/mol. The van der Waals surface area contributed by atoms with Gasteiger partial charge in [-0.3, -0.25) is 4.90 Å². The Morgan fingerprint density at radius 1 is 0.944 bits per heavy atom. The number of aliphatic hydroxyl groups is 6. The highest BCUT2D eigenvalue weighted by Crippen LogP contribution is 2.05. The number of rotatable bonds is 10. The molecule has 0 fully saturated rings. The molecule has 0 heterocycles. The molecule has 8 nitrogen and oxygen atoms in total. The normalized spacial score (nSPS) is 13.3. The van der Waals surface area contributed by atoms with Crippen LogP contribution in [0, 0.1) is 0 Å². The number of nitrogens with one attached hydrogen (secondary N) is 1. The van der Waals surface area contributed by atoms with E-state index in [-0.39, 0.29) is 6.54 Å². The average molecular weight is 268 g/mol. The average Bonchev–Trinajstić information content (AvgIpc) is 2.39. The van der Waals surface area contributed by atoms with Crippen molar-refractivity contribution in [3.05, 3.63) is 0 Å². The monoisotopic (exact) mass is 268 g/mol. The van der Waals surface area contributed by atoms with Crippen LogP contribution < -0.4 is 5.32 Å². The predicted molar refractivity (Wildman–Crippen MR) is 63.5 cm³/mol. The Morgan fingerprint density at radius 2 is 1.44 bits per heavy atom. The first-order valence-corrected chi connectivity index (χ1v) is 5.72. The number of hydrogen-bond donors (Lipinski definition) is 7. The maximum atomic E-state index is 9.28. The summed E-state index contributed by atoms with van der Waals surface area (Å²) in [5.74, 6) is -2.26. The van der Waals surface area contributed by atoms with E-state index in [2.05, 4.69) is 5.32 Å². The fourth-order valence-electron chi connectivity index (χ4n) is 1.29. The lowest BCUT2D eigenvalue weighted by molar-refractivity contribution is -0.274. The first-order chi connectivity index (χ1) is 8.37. The predicted octanol–water partition coefficient (Wildman–Crippen LogP) is -3.76. The number of likely N-dealkylation sites (N-methyl/N-ethyl adjacent to an activating group) is 1. The summed E-state index contributed by atoms with van der Waals surface area (Å²) < 4.78 is 0. The second-order valence-corrected chi connectivity index (χ2v) is 4.39. The number of aliphatic hydroxyl groups excluding tert-OH is 4. The lowest BCUT2D eigenvalue weighted by Crippen LogP contribution is -2.55. The van der Waals surface area contributed by atoms with Gasteiger partial charge in [-0.15, -0.1) is 0 Å². The Morgan fingerprint density at radius 3 is 1.83 bits per heavy atom. The minimum atomic E-state index is -2.26. The van der Waals surface area contributed by atoms with Crippen molar-refractivity contribution in [1.29, 1.82) is 0 Å². The first-order valence-electron chi connectivity index (χ1n) is 5.72. The van der Waals surface area contributed by atoms with Gasteiger partial charge in [-0.2, -0.15) is 0 Å². The third-order valence-electron chi connectivity index (χ3n) is 2.90. The van der Waals surface area contributed by atoms with Crippen molar-refractivity contribution in [3.63, 3.8) is 0 Å². The Kier molecular flexibility index (Phi) is 7.83. The molecule has 0 aliphatic carbocycles. The number of hydrogen-bond acceptors (Lipinski definition) is 8. The smallest absolute Gasteiger partial charge is 0.249 e. The van der Waals surface area contributed by atoms with Gasteiger partial charge in [0.05, 0.1) is 25.4 Å². The zero-order valence-corrected chi connectivity index (χ0v) is 10.6. The molecule has 0 aromatic rings. The molecular formula is C10H24N2O6. The van der Waals surface area contributed by atoms with Gasteiger partial charge in [0, 0.05) is 6.54 Å². The van der Waals surface area contributed by atoms with E-state index in [9.17, 15) is 10.2 Å². The second-order valence-electron chi connectivity index (χ2n) is 4.39. The standard InChI is InChI=1S/C10H24N2O6/c1-12(10(17,18)8-16)4-2-3-11-9(5-13,6-14)7-15/h11,13-18H,2-8H2,1H3. The van der Waals surface area contributed by atoms with Crippen molar-refractivity contribution in [3.8, 4) is 0 Å². The van der Waals surface area contributed by atoms with Gasteiger partial charge < -0.3 is 36.0 Å².